The molecule has 0 aliphatic heterocycles. The molecule has 5 nitrogen and oxygen atoms in total. The number of benzene rings is 1. The standard InChI is InChI=1S/C16H19NO4S/c1-4-12-17(13-6-5-7-16(18)21-3)22(19,20)15-10-8-14(2)9-11-15/h1,5,7-11H,6,12-13H2,2-3H3/b7-5+. The van der Waals surface area contributed by atoms with Crippen LogP contribution >= 0.6 is 0 Å². The van der Waals surface area contributed by atoms with Gasteiger partial charge in [0, 0.05) is 12.6 Å². The van der Waals surface area contributed by atoms with Crippen molar-refractivity contribution in [1.82, 2.24) is 4.31 Å². The highest BCUT2D eigenvalue weighted by Gasteiger charge is 2.22. The number of carbonyl (C=O) groups excluding carboxylic acids is 1. The molecular weight excluding hydrogens is 302 g/mol. The van der Waals surface area contributed by atoms with E-state index in [4.69, 9.17) is 6.42 Å². The van der Waals surface area contributed by atoms with Crippen molar-refractivity contribution in [3.63, 3.8) is 0 Å². The second-order valence-corrected chi connectivity index (χ2v) is 6.51. The summed E-state index contributed by atoms with van der Waals surface area (Å²) in [4.78, 5) is 11.2. The molecule has 0 N–H and O–H groups in total. The van der Waals surface area contributed by atoms with Gasteiger partial charge >= 0.3 is 5.97 Å². The van der Waals surface area contributed by atoms with E-state index in [1.807, 2.05) is 6.92 Å². The van der Waals surface area contributed by atoms with E-state index in [0.29, 0.717) is 6.42 Å². The monoisotopic (exact) mass is 321 g/mol. The van der Waals surface area contributed by atoms with E-state index in [9.17, 15) is 13.2 Å². The van der Waals surface area contributed by atoms with Gasteiger partial charge in [-0.3, -0.25) is 0 Å². The number of ether oxygens (including phenoxy) is 1. The zero-order chi connectivity index (χ0) is 16.6. The van der Waals surface area contributed by atoms with E-state index in [0.717, 1.165) is 5.56 Å². The summed E-state index contributed by atoms with van der Waals surface area (Å²) in [5.41, 5.74) is 0.975. The molecule has 0 aromatic heterocycles. The van der Waals surface area contributed by atoms with Crippen LogP contribution in [0.2, 0.25) is 0 Å². The quantitative estimate of drug-likeness (QED) is 0.436. The highest BCUT2D eigenvalue weighted by molar-refractivity contribution is 7.89. The Labute approximate surface area is 131 Å². The molecule has 118 valence electrons. The number of carbonyl (C=O) groups is 1. The van der Waals surface area contributed by atoms with E-state index in [-0.39, 0.29) is 18.0 Å². The molecule has 0 unspecified atom stereocenters. The fourth-order valence-electron chi connectivity index (χ4n) is 1.71. The largest absolute Gasteiger partial charge is 0.466 e. The minimum absolute atomic E-state index is 0.0255. The summed E-state index contributed by atoms with van der Waals surface area (Å²) in [7, 11) is -2.37. The van der Waals surface area contributed by atoms with Crippen LogP contribution in [0.5, 0.6) is 0 Å². The van der Waals surface area contributed by atoms with Crippen molar-refractivity contribution in [1.29, 1.82) is 0 Å². The summed E-state index contributed by atoms with van der Waals surface area (Å²) in [5, 5.41) is 0. The Morgan fingerprint density at radius 2 is 2.00 bits per heavy atom. The number of rotatable bonds is 7. The molecule has 0 fully saturated rings. The topological polar surface area (TPSA) is 63.7 Å². The molecule has 1 aromatic rings. The molecule has 6 heteroatoms. The molecule has 0 atom stereocenters. The third-order valence-corrected chi connectivity index (χ3v) is 4.79. The van der Waals surface area contributed by atoms with Gasteiger partial charge in [0.05, 0.1) is 18.6 Å². The van der Waals surface area contributed by atoms with Crippen LogP contribution in [0.15, 0.2) is 41.3 Å². The van der Waals surface area contributed by atoms with Crippen molar-refractivity contribution in [3.8, 4) is 12.3 Å². The molecule has 0 bridgehead atoms. The Morgan fingerprint density at radius 3 is 2.55 bits per heavy atom. The van der Waals surface area contributed by atoms with Gasteiger partial charge in [0.2, 0.25) is 10.0 Å². The molecule has 0 spiro atoms. The van der Waals surface area contributed by atoms with Crippen LogP contribution in [0.3, 0.4) is 0 Å². The summed E-state index contributed by atoms with van der Waals surface area (Å²) in [6, 6.07) is 6.58. The van der Waals surface area contributed by atoms with Crippen LogP contribution < -0.4 is 0 Å². The Bertz CT molecular complexity index is 669. The number of terminal acetylenes is 1. The smallest absolute Gasteiger partial charge is 0.330 e. The number of hydrogen-bond donors (Lipinski definition) is 0. The van der Waals surface area contributed by atoms with Gasteiger partial charge in [0.25, 0.3) is 0 Å². The molecule has 22 heavy (non-hydrogen) atoms. The van der Waals surface area contributed by atoms with Gasteiger partial charge in [0.15, 0.2) is 0 Å². The van der Waals surface area contributed by atoms with E-state index in [2.05, 4.69) is 10.7 Å². The Balaban J connectivity index is 2.85. The number of methoxy groups -OCH3 is 1. The molecule has 0 amide bonds. The maximum atomic E-state index is 12.5. The second-order valence-electron chi connectivity index (χ2n) is 4.57. The number of sulfonamides is 1. The summed E-state index contributed by atoms with van der Waals surface area (Å²) < 4.78 is 30.7. The molecule has 0 aliphatic rings. The van der Waals surface area contributed by atoms with Crippen molar-refractivity contribution in [2.24, 2.45) is 0 Å². The second kappa shape index (κ2) is 8.37. The molecule has 0 saturated heterocycles. The van der Waals surface area contributed by atoms with Gasteiger partial charge in [-0.05, 0) is 25.5 Å². The first kappa shape index (κ1) is 18.0. The van der Waals surface area contributed by atoms with Crippen molar-refractivity contribution < 1.29 is 17.9 Å². The van der Waals surface area contributed by atoms with E-state index in [1.165, 1.54) is 17.5 Å². The van der Waals surface area contributed by atoms with Crippen LogP contribution in [-0.2, 0) is 19.6 Å². The minimum Gasteiger partial charge on any atom is -0.466 e. The summed E-state index contributed by atoms with van der Waals surface area (Å²) in [6.07, 6.45) is 8.43. The fourth-order valence-corrected chi connectivity index (χ4v) is 3.08. The van der Waals surface area contributed by atoms with Gasteiger partial charge in [-0.1, -0.05) is 29.7 Å². The lowest BCUT2D eigenvalue weighted by Gasteiger charge is -2.19. The molecule has 0 aliphatic carbocycles. The summed E-state index contributed by atoms with van der Waals surface area (Å²) in [5.74, 6) is 1.87. The van der Waals surface area contributed by atoms with Gasteiger partial charge < -0.3 is 4.74 Å². The number of nitrogens with zero attached hydrogens (tertiary/aromatic N) is 1. The van der Waals surface area contributed by atoms with E-state index in [1.54, 1.807) is 30.3 Å². The van der Waals surface area contributed by atoms with Crippen molar-refractivity contribution in [2.45, 2.75) is 18.2 Å². The average Bonchev–Trinajstić information content (AvgIpc) is 2.50. The first-order chi connectivity index (χ1) is 10.4. The zero-order valence-electron chi connectivity index (χ0n) is 12.7. The van der Waals surface area contributed by atoms with Gasteiger partial charge in [-0.15, -0.1) is 6.42 Å². The number of esters is 1. The van der Waals surface area contributed by atoms with Crippen LogP contribution in [0, 0.1) is 19.3 Å². The van der Waals surface area contributed by atoms with Crippen LogP contribution in [0.25, 0.3) is 0 Å². The van der Waals surface area contributed by atoms with Crippen LogP contribution in [-0.4, -0.2) is 38.9 Å². The molecular formula is C16H19NO4S. The average molecular weight is 321 g/mol. The van der Waals surface area contributed by atoms with Gasteiger partial charge in [-0.25, -0.2) is 13.2 Å². The van der Waals surface area contributed by atoms with Crippen molar-refractivity contribution in [3.05, 3.63) is 42.0 Å². The normalized spacial score (nSPS) is 11.5. The lowest BCUT2D eigenvalue weighted by atomic mass is 10.2. The highest BCUT2D eigenvalue weighted by atomic mass is 32.2. The zero-order valence-corrected chi connectivity index (χ0v) is 13.5. The third-order valence-electron chi connectivity index (χ3n) is 2.93. The SMILES string of the molecule is C#CCN(CC/C=C/C(=O)OC)S(=O)(=O)c1ccc(C)cc1. The van der Waals surface area contributed by atoms with Crippen molar-refractivity contribution >= 4 is 16.0 Å². The molecule has 0 saturated carbocycles. The summed E-state index contributed by atoms with van der Waals surface area (Å²) in [6.45, 7) is 2.05. The minimum atomic E-state index is -3.65. The molecule has 1 aromatic carbocycles. The Hall–Kier alpha value is -2.10. The molecule has 0 heterocycles. The third kappa shape index (κ3) is 5.02. The maximum absolute atomic E-state index is 12.5. The number of hydrogen-bond acceptors (Lipinski definition) is 4. The maximum Gasteiger partial charge on any atom is 0.330 e. The van der Waals surface area contributed by atoms with Gasteiger partial charge in [-0.2, -0.15) is 4.31 Å². The van der Waals surface area contributed by atoms with Crippen LogP contribution in [0.4, 0.5) is 0 Å². The van der Waals surface area contributed by atoms with E-state index >= 15 is 0 Å². The first-order valence-corrected chi connectivity index (χ1v) is 8.10. The van der Waals surface area contributed by atoms with Crippen LogP contribution in [0.1, 0.15) is 12.0 Å². The first-order valence-electron chi connectivity index (χ1n) is 6.66. The number of aryl methyl sites for hydroxylation is 1. The van der Waals surface area contributed by atoms with Gasteiger partial charge in [0.1, 0.15) is 0 Å². The van der Waals surface area contributed by atoms with Crippen molar-refractivity contribution in [2.75, 3.05) is 20.2 Å². The Morgan fingerprint density at radius 1 is 1.36 bits per heavy atom. The van der Waals surface area contributed by atoms with E-state index < -0.39 is 16.0 Å². The predicted molar refractivity (Wildman–Crippen MR) is 84.5 cm³/mol. The highest BCUT2D eigenvalue weighted by Crippen LogP contribution is 2.16. The summed E-state index contributed by atoms with van der Waals surface area (Å²) >= 11 is 0. The lowest BCUT2D eigenvalue weighted by Crippen LogP contribution is -2.32. The predicted octanol–water partition coefficient (Wildman–Crippen LogP) is 1.74. The lowest BCUT2D eigenvalue weighted by molar-refractivity contribution is -0.134. The molecule has 1 rings (SSSR count). The fraction of sp³-hybridized carbons (Fsp3) is 0.312. The molecule has 0 radical (unpaired) electrons. The Kier molecular flexibility index (Phi) is 6.83.